The molecule has 2 aromatic heterocycles. The van der Waals surface area contributed by atoms with E-state index in [1.54, 1.807) is 17.7 Å². The number of fused-ring (bicyclic) bond motifs is 1. The second-order valence-electron chi connectivity index (χ2n) is 6.98. The Morgan fingerprint density at radius 1 is 0.800 bits per heavy atom. The molecule has 0 radical (unpaired) electrons. The van der Waals surface area contributed by atoms with Gasteiger partial charge >= 0.3 is 0 Å². The van der Waals surface area contributed by atoms with E-state index in [0.717, 1.165) is 44.3 Å². The minimum absolute atomic E-state index is 0.787. The van der Waals surface area contributed by atoms with Crippen LogP contribution in [-0.2, 0) is 0 Å². The van der Waals surface area contributed by atoms with Crippen molar-refractivity contribution >= 4 is 33.1 Å². The van der Waals surface area contributed by atoms with E-state index in [2.05, 4.69) is 51.9 Å². The molecule has 0 fully saturated rings. The highest BCUT2D eigenvalue weighted by Crippen LogP contribution is 2.37. The lowest BCUT2D eigenvalue weighted by atomic mass is 10.0. The molecule has 5 rings (SSSR count). The van der Waals surface area contributed by atoms with Gasteiger partial charge in [0.05, 0.1) is 5.39 Å². The SMILES string of the molecule is Cc1ccc(-c2csc3ncnc(Nc4ccc(Oc5ccccc5)cc4)c23)cc1. The fourth-order valence-corrected chi connectivity index (χ4v) is 4.20. The lowest BCUT2D eigenvalue weighted by Gasteiger charge is -2.10. The molecule has 0 unspecified atom stereocenters. The Kier molecular flexibility index (Phi) is 4.87. The molecule has 0 bridgehead atoms. The molecular weight excluding hydrogens is 390 g/mol. The van der Waals surface area contributed by atoms with Gasteiger partial charge in [0, 0.05) is 16.6 Å². The number of hydrogen-bond acceptors (Lipinski definition) is 5. The highest BCUT2D eigenvalue weighted by atomic mass is 32.1. The zero-order chi connectivity index (χ0) is 20.3. The fraction of sp³-hybridized carbons (Fsp3) is 0.0400. The average Bonchev–Trinajstić information content (AvgIpc) is 3.22. The third-order valence-electron chi connectivity index (χ3n) is 4.83. The minimum Gasteiger partial charge on any atom is -0.457 e. The monoisotopic (exact) mass is 409 g/mol. The van der Waals surface area contributed by atoms with E-state index < -0.39 is 0 Å². The number of para-hydroxylation sites is 1. The van der Waals surface area contributed by atoms with Gasteiger partial charge in [-0.15, -0.1) is 11.3 Å². The van der Waals surface area contributed by atoms with E-state index in [-0.39, 0.29) is 0 Å². The lowest BCUT2D eigenvalue weighted by molar-refractivity contribution is 0.483. The third kappa shape index (κ3) is 3.75. The first-order chi connectivity index (χ1) is 14.8. The van der Waals surface area contributed by atoms with Crippen molar-refractivity contribution in [1.82, 2.24) is 9.97 Å². The Balaban J connectivity index is 1.44. The number of aromatic nitrogens is 2. The second-order valence-corrected chi connectivity index (χ2v) is 7.84. The van der Waals surface area contributed by atoms with Crippen LogP contribution >= 0.6 is 11.3 Å². The summed E-state index contributed by atoms with van der Waals surface area (Å²) in [6.45, 7) is 2.09. The zero-order valence-corrected chi connectivity index (χ0v) is 17.2. The number of ether oxygens (including phenoxy) is 1. The van der Waals surface area contributed by atoms with Gasteiger partial charge in [0.25, 0.3) is 0 Å². The number of benzene rings is 3. The molecule has 5 heteroatoms. The van der Waals surface area contributed by atoms with Crippen LogP contribution in [0.15, 0.2) is 90.6 Å². The van der Waals surface area contributed by atoms with Crippen LogP contribution in [0.4, 0.5) is 11.5 Å². The summed E-state index contributed by atoms with van der Waals surface area (Å²) in [5.74, 6) is 2.40. The number of rotatable bonds is 5. The number of thiophene rings is 1. The molecule has 3 aromatic carbocycles. The van der Waals surface area contributed by atoms with Gasteiger partial charge in [-0.25, -0.2) is 9.97 Å². The predicted molar refractivity (Wildman–Crippen MR) is 124 cm³/mol. The smallest absolute Gasteiger partial charge is 0.143 e. The molecule has 5 aromatic rings. The normalized spacial score (nSPS) is 10.8. The zero-order valence-electron chi connectivity index (χ0n) is 16.4. The molecule has 0 aliphatic heterocycles. The van der Waals surface area contributed by atoms with E-state index in [9.17, 15) is 0 Å². The molecule has 2 heterocycles. The molecule has 1 N–H and O–H groups in total. The average molecular weight is 410 g/mol. The standard InChI is InChI=1S/C25H19N3OS/c1-17-7-9-18(10-8-17)22-15-30-25-23(22)24(26-16-27-25)28-19-11-13-21(14-12-19)29-20-5-3-2-4-6-20/h2-16H,1H3,(H,26,27,28). The summed E-state index contributed by atoms with van der Waals surface area (Å²) >= 11 is 1.63. The highest BCUT2D eigenvalue weighted by Gasteiger charge is 2.13. The molecule has 0 aliphatic carbocycles. The first-order valence-corrected chi connectivity index (χ1v) is 10.5. The van der Waals surface area contributed by atoms with Crippen molar-refractivity contribution in [1.29, 1.82) is 0 Å². The number of anilines is 2. The molecular formula is C25H19N3OS. The van der Waals surface area contributed by atoms with Gasteiger partial charge in [-0.3, -0.25) is 0 Å². The Morgan fingerprint density at radius 2 is 1.53 bits per heavy atom. The molecule has 146 valence electrons. The van der Waals surface area contributed by atoms with Gasteiger partial charge in [-0.1, -0.05) is 48.0 Å². The molecule has 0 amide bonds. The van der Waals surface area contributed by atoms with Crippen molar-refractivity contribution < 1.29 is 4.74 Å². The van der Waals surface area contributed by atoms with Crippen LogP contribution < -0.4 is 10.1 Å². The molecule has 0 atom stereocenters. The van der Waals surface area contributed by atoms with Crippen molar-refractivity contribution in [2.45, 2.75) is 6.92 Å². The number of hydrogen-bond donors (Lipinski definition) is 1. The van der Waals surface area contributed by atoms with Gasteiger partial charge in [0.1, 0.15) is 28.5 Å². The van der Waals surface area contributed by atoms with Gasteiger partial charge in [0.2, 0.25) is 0 Å². The van der Waals surface area contributed by atoms with Crippen LogP contribution in [-0.4, -0.2) is 9.97 Å². The van der Waals surface area contributed by atoms with Crippen molar-refractivity contribution in [3.8, 4) is 22.6 Å². The first kappa shape index (κ1) is 18.3. The summed E-state index contributed by atoms with van der Waals surface area (Å²) in [4.78, 5) is 9.94. The van der Waals surface area contributed by atoms with Crippen LogP contribution in [0.2, 0.25) is 0 Å². The summed E-state index contributed by atoms with van der Waals surface area (Å²) in [5, 5.41) is 6.63. The minimum atomic E-state index is 0.787. The van der Waals surface area contributed by atoms with Crippen LogP contribution in [0.3, 0.4) is 0 Å². The summed E-state index contributed by atoms with van der Waals surface area (Å²) < 4.78 is 5.88. The van der Waals surface area contributed by atoms with Crippen molar-refractivity contribution in [2.75, 3.05) is 5.32 Å². The third-order valence-corrected chi connectivity index (χ3v) is 5.72. The Hall–Kier alpha value is -3.70. The number of aryl methyl sites for hydroxylation is 1. The van der Waals surface area contributed by atoms with E-state index in [1.807, 2.05) is 54.6 Å². The second kappa shape index (κ2) is 7.97. The molecule has 30 heavy (non-hydrogen) atoms. The van der Waals surface area contributed by atoms with Gasteiger partial charge in [-0.2, -0.15) is 0 Å². The quantitative estimate of drug-likeness (QED) is 0.333. The maximum atomic E-state index is 5.88. The van der Waals surface area contributed by atoms with E-state index in [0.29, 0.717) is 0 Å². The topological polar surface area (TPSA) is 47.0 Å². The van der Waals surface area contributed by atoms with Gasteiger partial charge < -0.3 is 10.1 Å². The molecule has 0 saturated heterocycles. The molecule has 0 spiro atoms. The van der Waals surface area contributed by atoms with Crippen molar-refractivity contribution in [3.05, 3.63) is 96.1 Å². The summed E-state index contributed by atoms with van der Waals surface area (Å²) in [7, 11) is 0. The highest BCUT2D eigenvalue weighted by molar-refractivity contribution is 7.17. The predicted octanol–water partition coefficient (Wildman–Crippen LogP) is 7.20. The summed E-state index contributed by atoms with van der Waals surface area (Å²) in [6.07, 6.45) is 1.60. The molecule has 0 saturated carbocycles. The van der Waals surface area contributed by atoms with Crippen molar-refractivity contribution in [3.63, 3.8) is 0 Å². The van der Waals surface area contributed by atoms with E-state index >= 15 is 0 Å². The summed E-state index contributed by atoms with van der Waals surface area (Å²) in [6, 6.07) is 26.2. The molecule has 4 nitrogen and oxygen atoms in total. The number of nitrogens with one attached hydrogen (secondary N) is 1. The first-order valence-electron chi connectivity index (χ1n) is 9.65. The van der Waals surface area contributed by atoms with Crippen molar-refractivity contribution in [2.24, 2.45) is 0 Å². The van der Waals surface area contributed by atoms with Crippen LogP contribution in [0.25, 0.3) is 21.3 Å². The lowest BCUT2D eigenvalue weighted by Crippen LogP contribution is -1.95. The summed E-state index contributed by atoms with van der Waals surface area (Å²) in [5.41, 5.74) is 4.49. The van der Waals surface area contributed by atoms with Crippen LogP contribution in [0.1, 0.15) is 5.56 Å². The Bertz CT molecular complexity index is 1280. The maximum absolute atomic E-state index is 5.88. The largest absolute Gasteiger partial charge is 0.457 e. The van der Waals surface area contributed by atoms with E-state index in [1.165, 1.54) is 5.56 Å². The maximum Gasteiger partial charge on any atom is 0.143 e. The van der Waals surface area contributed by atoms with Gasteiger partial charge in [0.15, 0.2) is 0 Å². The number of nitrogens with zero attached hydrogens (tertiary/aromatic N) is 2. The van der Waals surface area contributed by atoms with Crippen LogP contribution in [0.5, 0.6) is 11.5 Å². The van der Waals surface area contributed by atoms with Crippen LogP contribution in [0, 0.1) is 6.92 Å². The van der Waals surface area contributed by atoms with E-state index in [4.69, 9.17) is 4.74 Å². The fourth-order valence-electron chi connectivity index (χ4n) is 3.28. The molecule has 0 aliphatic rings. The van der Waals surface area contributed by atoms with Gasteiger partial charge in [-0.05, 0) is 48.9 Å². The Labute approximate surface area is 178 Å². The Morgan fingerprint density at radius 3 is 2.30 bits per heavy atom.